The molecule has 0 fully saturated rings. The molecule has 1 atom stereocenters. The average molecular weight is 340 g/mol. The van der Waals surface area contributed by atoms with Gasteiger partial charge >= 0.3 is 0 Å². The van der Waals surface area contributed by atoms with Crippen molar-refractivity contribution in [1.82, 2.24) is 0 Å². The number of ether oxygens (including phenoxy) is 2. The van der Waals surface area contributed by atoms with Gasteiger partial charge in [-0.1, -0.05) is 19.1 Å². The third-order valence-corrected chi connectivity index (χ3v) is 3.76. The van der Waals surface area contributed by atoms with Crippen LogP contribution in [0.4, 0.5) is 11.4 Å². The van der Waals surface area contributed by atoms with Crippen molar-refractivity contribution in [2.75, 3.05) is 17.2 Å². The van der Waals surface area contributed by atoms with Gasteiger partial charge in [0.2, 0.25) is 0 Å². The molecule has 0 saturated heterocycles. The molecule has 0 aromatic heterocycles. The van der Waals surface area contributed by atoms with Crippen LogP contribution >= 0.6 is 0 Å². The highest BCUT2D eigenvalue weighted by Crippen LogP contribution is 2.32. The third kappa shape index (κ3) is 3.74. The highest BCUT2D eigenvalue weighted by atomic mass is 16.5. The molecular weight excluding hydrogens is 320 g/mol. The van der Waals surface area contributed by atoms with Crippen molar-refractivity contribution in [2.45, 2.75) is 26.4 Å². The molecule has 3 rings (SSSR count). The Morgan fingerprint density at radius 2 is 2.08 bits per heavy atom. The zero-order chi connectivity index (χ0) is 17.8. The first-order valence-electron chi connectivity index (χ1n) is 8.23. The van der Waals surface area contributed by atoms with E-state index < -0.39 is 6.10 Å². The molecule has 25 heavy (non-hydrogen) atoms. The van der Waals surface area contributed by atoms with E-state index in [0.29, 0.717) is 35.0 Å². The smallest absolute Gasteiger partial charge is 0.265 e. The number of hydrogen-bond donors (Lipinski definition) is 2. The van der Waals surface area contributed by atoms with E-state index >= 15 is 0 Å². The van der Waals surface area contributed by atoms with Crippen LogP contribution in [0.25, 0.3) is 0 Å². The standard InChI is InChI=1S/C19H20N2O4/c1-3-10-24-16-7-5-4-6-14(16)19(23)20-13-8-9-17-15(11-13)21-18(22)12(2)25-17/h4-9,11-12H,3,10H2,1-2H3,(H,20,23)(H,21,22)/t12-/m0/s1. The number of carbonyl (C=O) groups is 2. The van der Waals surface area contributed by atoms with Crippen LogP contribution in [0.15, 0.2) is 42.5 Å². The zero-order valence-corrected chi connectivity index (χ0v) is 14.2. The predicted octanol–water partition coefficient (Wildman–Crippen LogP) is 3.45. The van der Waals surface area contributed by atoms with Crippen LogP contribution in [0.5, 0.6) is 11.5 Å². The molecule has 2 amide bonds. The van der Waals surface area contributed by atoms with E-state index in [2.05, 4.69) is 10.6 Å². The van der Waals surface area contributed by atoms with Crippen molar-refractivity contribution in [3.63, 3.8) is 0 Å². The molecule has 1 aliphatic heterocycles. The van der Waals surface area contributed by atoms with E-state index in [0.717, 1.165) is 6.42 Å². The molecular formula is C19H20N2O4. The van der Waals surface area contributed by atoms with Crippen LogP contribution < -0.4 is 20.1 Å². The Labute approximate surface area is 146 Å². The van der Waals surface area contributed by atoms with Crippen LogP contribution in [0.1, 0.15) is 30.6 Å². The number of hydrogen-bond acceptors (Lipinski definition) is 4. The highest BCUT2D eigenvalue weighted by Gasteiger charge is 2.23. The Balaban J connectivity index is 1.78. The van der Waals surface area contributed by atoms with Crippen molar-refractivity contribution in [3.05, 3.63) is 48.0 Å². The van der Waals surface area contributed by atoms with Crippen molar-refractivity contribution in [1.29, 1.82) is 0 Å². The summed E-state index contributed by atoms with van der Waals surface area (Å²) in [7, 11) is 0. The number of para-hydroxylation sites is 1. The first kappa shape index (κ1) is 16.8. The second-order valence-corrected chi connectivity index (χ2v) is 5.76. The summed E-state index contributed by atoms with van der Waals surface area (Å²) in [5.74, 6) is 0.638. The molecule has 0 aliphatic carbocycles. The SMILES string of the molecule is CCCOc1ccccc1C(=O)Nc1ccc2c(c1)NC(=O)[C@H](C)O2. The number of amides is 2. The summed E-state index contributed by atoms with van der Waals surface area (Å²) in [6.07, 6.45) is 0.328. The van der Waals surface area contributed by atoms with Gasteiger partial charge in [-0.25, -0.2) is 0 Å². The normalized spacial score (nSPS) is 15.6. The minimum absolute atomic E-state index is 0.214. The van der Waals surface area contributed by atoms with Crippen molar-refractivity contribution in [3.8, 4) is 11.5 Å². The quantitative estimate of drug-likeness (QED) is 0.874. The van der Waals surface area contributed by atoms with Gasteiger partial charge < -0.3 is 20.1 Å². The zero-order valence-electron chi connectivity index (χ0n) is 14.2. The van der Waals surface area contributed by atoms with Crippen molar-refractivity contribution < 1.29 is 19.1 Å². The summed E-state index contributed by atoms with van der Waals surface area (Å²) in [4.78, 5) is 24.3. The number of nitrogens with one attached hydrogen (secondary N) is 2. The second kappa shape index (κ2) is 7.25. The fourth-order valence-corrected chi connectivity index (χ4v) is 2.48. The summed E-state index contributed by atoms with van der Waals surface area (Å²) >= 11 is 0. The molecule has 130 valence electrons. The molecule has 0 radical (unpaired) electrons. The van der Waals surface area contributed by atoms with E-state index in [9.17, 15) is 9.59 Å². The Kier molecular flexibility index (Phi) is 4.88. The summed E-state index contributed by atoms with van der Waals surface area (Å²) in [6, 6.07) is 12.2. The number of benzene rings is 2. The molecule has 2 N–H and O–H groups in total. The number of rotatable bonds is 5. The summed E-state index contributed by atoms with van der Waals surface area (Å²) < 4.78 is 11.1. The maximum atomic E-state index is 12.6. The summed E-state index contributed by atoms with van der Waals surface area (Å²) in [6.45, 7) is 4.24. The van der Waals surface area contributed by atoms with E-state index in [1.54, 1.807) is 43.3 Å². The lowest BCUT2D eigenvalue weighted by Crippen LogP contribution is -2.34. The molecule has 2 aromatic rings. The minimum Gasteiger partial charge on any atom is -0.493 e. The van der Waals surface area contributed by atoms with E-state index in [1.165, 1.54) is 0 Å². The number of fused-ring (bicyclic) bond motifs is 1. The van der Waals surface area contributed by atoms with Gasteiger partial charge in [0.05, 0.1) is 17.9 Å². The number of carbonyl (C=O) groups excluding carboxylic acids is 2. The molecule has 1 aliphatic rings. The van der Waals surface area contributed by atoms with Crippen LogP contribution in [0.3, 0.4) is 0 Å². The van der Waals surface area contributed by atoms with Gasteiger partial charge in [0, 0.05) is 5.69 Å². The molecule has 0 spiro atoms. The lowest BCUT2D eigenvalue weighted by molar-refractivity contribution is -0.122. The van der Waals surface area contributed by atoms with E-state index in [1.807, 2.05) is 13.0 Å². The Bertz CT molecular complexity index is 804. The first-order valence-corrected chi connectivity index (χ1v) is 8.23. The molecule has 1 heterocycles. The van der Waals surface area contributed by atoms with Crippen LogP contribution in [-0.2, 0) is 4.79 Å². The monoisotopic (exact) mass is 340 g/mol. The Morgan fingerprint density at radius 3 is 2.88 bits per heavy atom. The second-order valence-electron chi connectivity index (χ2n) is 5.76. The summed E-state index contributed by atoms with van der Waals surface area (Å²) in [5.41, 5.74) is 1.56. The molecule has 6 nitrogen and oxygen atoms in total. The van der Waals surface area contributed by atoms with Crippen molar-refractivity contribution >= 4 is 23.2 Å². The van der Waals surface area contributed by atoms with Gasteiger partial charge in [-0.15, -0.1) is 0 Å². The molecule has 6 heteroatoms. The molecule has 0 unspecified atom stereocenters. The van der Waals surface area contributed by atoms with Gasteiger partial charge in [0.1, 0.15) is 11.5 Å². The first-order chi connectivity index (χ1) is 12.1. The maximum absolute atomic E-state index is 12.6. The highest BCUT2D eigenvalue weighted by molar-refractivity contribution is 6.07. The fraction of sp³-hybridized carbons (Fsp3) is 0.263. The molecule has 2 aromatic carbocycles. The molecule has 0 saturated carbocycles. The Morgan fingerprint density at radius 1 is 1.28 bits per heavy atom. The Hall–Kier alpha value is -3.02. The fourth-order valence-electron chi connectivity index (χ4n) is 2.48. The summed E-state index contributed by atoms with van der Waals surface area (Å²) in [5, 5.41) is 5.59. The lowest BCUT2D eigenvalue weighted by Gasteiger charge is -2.23. The van der Waals surface area contributed by atoms with E-state index in [-0.39, 0.29) is 11.8 Å². The van der Waals surface area contributed by atoms with Gasteiger partial charge in [-0.3, -0.25) is 9.59 Å². The number of anilines is 2. The minimum atomic E-state index is -0.532. The molecule has 0 bridgehead atoms. The maximum Gasteiger partial charge on any atom is 0.265 e. The van der Waals surface area contributed by atoms with E-state index in [4.69, 9.17) is 9.47 Å². The lowest BCUT2D eigenvalue weighted by atomic mass is 10.1. The van der Waals surface area contributed by atoms with Gasteiger partial charge in [-0.2, -0.15) is 0 Å². The van der Waals surface area contributed by atoms with Gasteiger partial charge in [-0.05, 0) is 43.7 Å². The predicted molar refractivity (Wildman–Crippen MR) is 95.3 cm³/mol. The average Bonchev–Trinajstić information content (AvgIpc) is 2.61. The topological polar surface area (TPSA) is 76.7 Å². The van der Waals surface area contributed by atoms with Gasteiger partial charge in [0.25, 0.3) is 11.8 Å². The van der Waals surface area contributed by atoms with Crippen LogP contribution in [0, 0.1) is 0 Å². The van der Waals surface area contributed by atoms with Crippen molar-refractivity contribution in [2.24, 2.45) is 0 Å². The largest absolute Gasteiger partial charge is 0.493 e. The van der Waals surface area contributed by atoms with Crippen LogP contribution in [0.2, 0.25) is 0 Å². The van der Waals surface area contributed by atoms with Crippen LogP contribution in [-0.4, -0.2) is 24.5 Å². The van der Waals surface area contributed by atoms with Gasteiger partial charge in [0.15, 0.2) is 6.10 Å². The third-order valence-electron chi connectivity index (χ3n) is 3.76.